The van der Waals surface area contributed by atoms with Gasteiger partial charge in [0, 0.05) is 15.1 Å². The molecule has 2 aromatic carbocycles. The molecule has 2 rings (SSSR count). The second-order valence-electron chi connectivity index (χ2n) is 4.08. The fourth-order valence-electron chi connectivity index (χ4n) is 1.63. The minimum atomic E-state index is -1.34. The predicted octanol–water partition coefficient (Wildman–Crippen LogP) is 3.36. The lowest BCUT2D eigenvalue weighted by molar-refractivity contribution is 0.342. The van der Waals surface area contributed by atoms with Crippen LogP contribution in [-0.2, 0) is 10.8 Å². The summed E-state index contributed by atoms with van der Waals surface area (Å²) in [7, 11) is -1.34. The van der Waals surface area contributed by atoms with E-state index in [0.29, 0.717) is 10.6 Å². The van der Waals surface area contributed by atoms with Gasteiger partial charge in [-0.15, -0.1) is 0 Å². The van der Waals surface area contributed by atoms with Crippen LogP contribution in [0.3, 0.4) is 0 Å². The number of nitrogen functional groups attached to an aromatic ring is 1. The molecule has 0 amide bonds. The smallest absolute Gasteiger partial charge is 0.126 e. The van der Waals surface area contributed by atoms with Gasteiger partial charge in [-0.25, -0.2) is 4.39 Å². The number of hydrogen-bond acceptors (Lipinski definition) is 3. The van der Waals surface area contributed by atoms with Crippen LogP contribution in [0.1, 0.15) is 0 Å². The summed E-state index contributed by atoms with van der Waals surface area (Å²) in [6.45, 7) is 0.277. The second kappa shape index (κ2) is 6.85. The number of halogens is 2. The quantitative estimate of drug-likeness (QED) is 0.834. The molecule has 2 aromatic rings. The molecule has 0 aliphatic carbocycles. The van der Waals surface area contributed by atoms with Gasteiger partial charge in [0.25, 0.3) is 0 Å². The zero-order chi connectivity index (χ0) is 14.5. The highest BCUT2D eigenvalue weighted by Crippen LogP contribution is 2.18. The van der Waals surface area contributed by atoms with Crippen LogP contribution >= 0.6 is 15.9 Å². The van der Waals surface area contributed by atoms with E-state index >= 15 is 0 Å². The van der Waals surface area contributed by atoms with E-state index in [-0.39, 0.29) is 18.0 Å². The van der Waals surface area contributed by atoms with E-state index in [9.17, 15) is 8.60 Å². The van der Waals surface area contributed by atoms with Crippen molar-refractivity contribution in [3.05, 3.63) is 52.8 Å². The van der Waals surface area contributed by atoms with Crippen molar-refractivity contribution in [3.8, 4) is 5.75 Å². The van der Waals surface area contributed by atoms with Crippen molar-refractivity contribution in [2.24, 2.45) is 0 Å². The highest BCUT2D eigenvalue weighted by molar-refractivity contribution is 9.10. The Morgan fingerprint density at radius 1 is 1.25 bits per heavy atom. The van der Waals surface area contributed by atoms with Gasteiger partial charge in [-0.3, -0.25) is 4.21 Å². The van der Waals surface area contributed by atoms with E-state index in [4.69, 9.17) is 10.5 Å². The van der Waals surface area contributed by atoms with Crippen molar-refractivity contribution < 1.29 is 13.3 Å². The van der Waals surface area contributed by atoms with E-state index in [1.54, 1.807) is 0 Å². The maximum absolute atomic E-state index is 13.2. The normalized spacial score (nSPS) is 12.1. The van der Waals surface area contributed by atoms with Crippen LogP contribution in [0.15, 0.2) is 51.8 Å². The molecule has 0 spiro atoms. The molecule has 1 unspecified atom stereocenters. The Morgan fingerprint density at radius 2 is 2.05 bits per heavy atom. The number of hydrogen-bond donors (Lipinski definition) is 1. The predicted molar refractivity (Wildman–Crippen MR) is 81.7 cm³/mol. The molecule has 0 bridgehead atoms. The Labute approximate surface area is 127 Å². The minimum Gasteiger partial charge on any atom is -0.493 e. The molecule has 0 heterocycles. The Morgan fingerprint density at radius 3 is 2.75 bits per heavy atom. The van der Waals surface area contributed by atoms with Gasteiger partial charge >= 0.3 is 0 Å². The van der Waals surface area contributed by atoms with Crippen LogP contribution in [0, 0.1) is 5.82 Å². The van der Waals surface area contributed by atoms with Crippen molar-refractivity contribution in [2.75, 3.05) is 18.1 Å². The van der Waals surface area contributed by atoms with Gasteiger partial charge in [0.2, 0.25) is 0 Å². The first-order valence-corrected chi connectivity index (χ1v) is 7.98. The molecule has 106 valence electrons. The summed E-state index contributed by atoms with van der Waals surface area (Å²) in [6.07, 6.45) is 0. The molecule has 0 saturated heterocycles. The Bertz CT molecular complexity index is 616. The fourth-order valence-corrected chi connectivity index (χ4v) is 2.99. The van der Waals surface area contributed by atoms with Gasteiger partial charge in [-0.05, 0) is 36.4 Å². The van der Waals surface area contributed by atoms with Gasteiger partial charge in [0.05, 0.1) is 16.6 Å². The van der Waals surface area contributed by atoms with E-state index < -0.39 is 16.6 Å². The standard InChI is InChI=1S/C14H13BrFNO2S/c15-10-2-1-3-13(6-10)19-4-5-20(18)14-8-11(16)7-12(17)9-14/h1-3,6-9H,4-5,17H2. The molecule has 0 aliphatic rings. The lowest BCUT2D eigenvalue weighted by atomic mass is 10.3. The first kappa shape index (κ1) is 15.0. The molecule has 0 saturated carbocycles. The molecule has 1 atom stereocenters. The summed E-state index contributed by atoms with van der Waals surface area (Å²) in [4.78, 5) is 0.375. The average Bonchev–Trinajstić information content (AvgIpc) is 2.37. The monoisotopic (exact) mass is 357 g/mol. The van der Waals surface area contributed by atoms with Crippen molar-refractivity contribution in [1.29, 1.82) is 0 Å². The third kappa shape index (κ3) is 4.31. The molecular formula is C14H13BrFNO2S. The zero-order valence-corrected chi connectivity index (χ0v) is 12.9. The Kier molecular flexibility index (Phi) is 5.14. The number of nitrogens with two attached hydrogens (primary N) is 1. The molecule has 0 radical (unpaired) electrons. The van der Waals surface area contributed by atoms with E-state index in [1.165, 1.54) is 18.2 Å². The molecule has 3 nitrogen and oxygen atoms in total. The average molecular weight is 358 g/mol. The summed E-state index contributed by atoms with van der Waals surface area (Å²) >= 11 is 3.34. The maximum atomic E-state index is 13.2. The van der Waals surface area contributed by atoms with Crippen LogP contribution in [0.25, 0.3) is 0 Å². The van der Waals surface area contributed by atoms with Crippen molar-refractivity contribution in [3.63, 3.8) is 0 Å². The summed E-state index contributed by atoms with van der Waals surface area (Å²) in [5.74, 6) is 0.478. The Hall–Kier alpha value is -1.40. The molecular weight excluding hydrogens is 345 g/mol. The molecule has 20 heavy (non-hydrogen) atoms. The molecule has 0 aromatic heterocycles. The highest BCUT2D eigenvalue weighted by atomic mass is 79.9. The number of ether oxygens (including phenoxy) is 1. The van der Waals surface area contributed by atoms with Crippen LogP contribution in [0.2, 0.25) is 0 Å². The topological polar surface area (TPSA) is 52.3 Å². The SMILES string of the molecule is Nc1cc(F)cc(S(=O)CCOc2cccc(Br)c2)c1. The maximum Gasteiger partial charge on any atom is 0.126 e. The van der Waals surface area contributed by atoms with Crippen molar-refractivity contribution in [1.82, 2.24) is 0 Å². The lowest BCUT2D eigenvalue weighted by Gasteiger charge is -2.07. The third-order valence-corrected chi connectivity index (χ3v) is 4.28. The highest BCUT2D eigenvalue weighted by Gasteiger charge is 2.07. The van der Waals surface area contributed by atoms with E-state index in [2.05, 4.69) is 15.9 Å². The molecule has 0 aliphatic heterocycles. The molecule has 0 fully saturated rings. The second-order valence-corrected chi connectivity index (χ2v) is 6.56. The van der Waals surface area contributed by atoms with Gasteiger partial charge in [0.1, 0.15) is 18.2 Å². The van der Waals surface area contributed by atoms with Crippen molar-refractivity contribution in [2.45, 2.75) is 4.90 Å². The van der Waals surface area contributed by atoms with Crippen LogP contribution in [0.4, 0.5) is 10.1 Å². The number of rotatable bonds is 5. The van der Waals surface area contributed by atoms with Gasteiger partial charge < -0.3 is 10.5 Å². The van der Waals surface area contributed by atoms with Crippen LogP contribution in [0.5, 0.6) is 5.75 Å². The minimum absolute atomic E-state index is 0.265. The summed E-state index contributed by atoms with van der Waals surface area (Å²) < 4.78 is 31.6. The summed E-state index contributed by atoms with van der Waals surface area (Å²) in [5.41, 5.74) is 5.79. The van der Waals surface area contributed by atoms with E-state index in [1.807, 2.05) is 24.3 Å². The zero-order valence-electron chi connectivity index (χ0n) is 10.5. The number of benzene rings is 2. The Balaban J connectivity index is 1.92. The van der Waals surface area contributed by atoms with Crippen LogP contribution < -0.4 is 10.5 Å². The summed E-state index contributed by atoms with van der Waals surface area (Å²) in [5, 5.41) is 0. The van der Waals surface area contributed by atoms with Crippen molar-refractivity contribution >= 4 is 32.4 Å². The molecule has 2 N–H and O–H groups in total. The van der Waals surface area contributed by atoms with Gasteiger partial charge in [-0.1, -0.05) is 22.0 Å². The first-order chi connectivity index (χ1) is 9.54. The first-order valence-electron chi connectivity index (χ1n) is 5.87. The number of anilines is 1. The van der Waals surface area contributed by atoms with Crippen LogP contribution in [-0.4, -0.2) is 16.6 Å². The van der Waals surface area contributed by atoms with E-state index in [0.717, 1.165) is 4.47 Å². The third-order valence-electron chi connectivity index (χ3n) is 2.49. The fraction of sp³-hybridized carbons (Fsp3) is 0.143. The molecule has 6 heteroatoms. The van der Waals surface area contributed by atoms with Gasteiger partial charge in [0.15, 0.2) is 0 Å². The lowest BCUT2D eigenvalue weighted by Crippen LogP contribution is -2.09. The summed E-state index contributed by atoms with van der Waals surface area (Å²) in [6, 6.07) is 11.3. The van der Waals surface area contributed by atoms with Gasteiger partial charge in [-0.2, -0.15) is 0 Å². The largest absolute Gasteiger partial charge is 0.493 e.